The van der Waals surface area contributed by atoms with Crippen molar-refractivity contribution in [3.63, 3.8) is 0 Å². The predicted octanol–water partition coefficient (Wildman–Crippen LogP) is 0.845. The zero-order valence-corrected chi connectivity index (χ0v) is 10.2. The summed E-state index contributed by atoms with van der Waals surface area (Å²) in [6, 6.07) is 0.641. The average Bonchev–Trinajstić information content (AvgIpc) is 2.38. The summed E-state index contributed by atoms with van der Waals surface area (Å²) in [6.45, 7) is 0.662. The highest BCUT2D eigenvalue weighted by molar-refractivity contribution is 5.16. The van der Waals surface area contributed by atoms with Crippen molar-refractivity contribution in [1.29, 1.82) is 0 Å². The molecule has 3 N–H and O–H groups in total. The molecule has 94 valence electrons. The normalized spacial score (nSPS) is 24.6. The SMILES string of the molecule is COc1nccnc1CNC1CCCCC1N. The first-order valence-electron chi connectivity index (χ1n) is 6.14. The van der Waals surface area contributed by atoms with Gasteiger partial charge in [0.1, 0.15) is 5.69 Å². The van der Waals surface area contributed by atoms with Crippen LogP contribution < -0.4 is 15.8 Å². The molecule has 0 saturated heterocycles. The van der Waals surface area contributed by atoms with Gasteiger partial charge in [-0.2, -0.15) is 0 Å². The van der Waals surface area contributed by atoms with Crippen molar-refractivity contribution in [2.24, 2.45) is 5.73 Å². The van der Waals surface area contributed by atoms with E-state index in [0.29, 0.717) is 18.5 Å². The topological polar surface area (TPSA) is 73.1 Å². The fraction of sp³-hybridized carbons (Fsp3) is 0.667. The maximum absolute atomic E-state index is 6.08. The van der Waals surface area contributed by atoms with Crippen molar-refractivity contribution in [3.05, 3.63) is 18.1 Å². The number of methoxy groups -OCH3 is 1. The van der Waals surface area contributed by atoms with Crippen LogP contribution >= 0.6 is 0 Å². The Labute approximate surface area is 102 Å². The highest BCUT2D eigenvalue weighted by atomic mass is 16.5. The highest BCUT2D eigenvalue weighted by Crippen LogP contribution is 2.18. The van der Waals surface area contributed by atoms with Gasteiger partial charge in [-0.3, -0.25) is 4.98 Å². The molecule has 2 atom stereocenters. The monoisotopic (exact) mass is 236 g/mol. The molecule has 5 heteroatoms. The molecular formula is C12H20N4O. The summed E-state index contributed by atoms with van der Waals surface area (Å²) in [6.07, 6.45) is 8.06. The Kier molecular flexibility index (Phi) is 4.28. The molecule has 1 fully saturated rings. The van der Waals surface area contributed by atoms with Gasteiger partial charge in [-0.15, -0.1) is 0 Å². The van der Waals surface area contributed by atoms with Crippen molar-refractivity contribution >= 4 is 0 Å². The second-order valence-electron chi connectivity index (χ2n) is 4.45. The largest absolute Gasteiger partial charge is 0.480 e. The first-order chi connectivity index (χ1) is 8.31. The molecule has 0 aromatic carbocycles. The van der Waals surface area contributed by atoms with E-state index in [9.17, 15) is 0 Å². The first-order valence-corrected chi connectivity index (χ1v) is 6.14. The van der Waals surface area contributed by atoms with E-state index >= 15 is 0 Å². The van der Waals surface area contributed by atoms with Gasteiger partial charge in [0.2, 0.25) is 5.88 Å². The smallest absolute Gasteiger partial charge is 0.236 e. The highest BCUT2D eigenvalue weighted by Gasteiger charge is 2.21. The van der Waals surface area contributed by atoms with E-state index in [1.54, 1.807) is 19.5 Å². The van der Waals surface area contributed by atoms with E-state index in [2.05, 4.69) is 15.3 Å². The molecule has 0 radical (unpaired) electrons. The van der Waals surface area contributed by atoms with E-state index in [1.165, 1.54) is 12.8 Å². The molecule has 2 unspecified atom stereocenters. The van der Waals surface area contributed by atoms with Crippen LogP contribution in [0.4, 0.5) is 0 Å². The maximum Gasteiger partial charge on any atom is 0.236 e. The lowest BCUT2D eigenvalue weighted by molar-refractivity contribution is 0.321. The van der Waals surface area contributed by atoms with E-state index in [0.717, 1.165) is 18.5 Å². The van der Waals surface area contributed by atoms with Gasteiger partial charge in [-0.1, -0.05) is 12.8 Å². The van der Waals surface area contributed by atoms with Crippen molar-refractivity contribution in [2.45, 2.75) is 44.3 Å². The molecule has 1 aromatic heterocycles. The zero-order valence-electron chi connectivity index (χ0n) is 10.2. The lowest BCUT2D eigenvalue weighted by atomic mass is 9.91. The Hall–Kier alpha value is -1.20. The first kappa shape index (κ1) is 12.3. The van der Waals surface area contributed by atoms with Gasteiger partial charge in [0.15, 0.2) is 0 Å². The minimum atomic E-state index is 0.256. The van der Waals surface area contributed by atoms with Crippen LogP contribution in [0.2, 0.25) is 0 Å². The summed E-state index contributed by atoms with van der Waals surface area (Å²) in [5.74, 6) is 0.587. The van der Waals surface area contributed by atoms with Gasteiger partial charge in [0.05, 0.1) is 7.11 Å². The lowest BCUT2D eigenvalue weighted by Gasteiger charge is -2.29. The van der Waals surface area contributed by atoms with Crippen LogP contribution in [0.3, 0.4) is 0 Å². The maximum atomic E-state index is 6.08. The number of hydrogen-bond donors (Lipinski definition) is 2. The summed E-state index contributed by atoms with van der Waals surface area (Å²) in [7, 11) is 1.61. The molecule has 1 saturated carbocycles. The second kappa shape index (κ2) is 5.93. The third-order valence-electron chi connectivity index (χ3n) is 3.28. The van der Waals surface area contributed by atoms with Crippen LogP contribution in [0.1, 0.15) is 31.4 Å². The van der Waals surface area contributed by atoms with Crippen LogP contribution in [0.5, 0.6) is 5.88 Å². The van der Waals surface area contributed by atoms with Gasteiger partial charge in [0, 0.05) is 31.0 Å². The van der Waals surface area contributed by atoms with Gasteiger partial charge in [-0.05, 0) is 12.8 Å². The average molecular weight is 236 g/mol. The van der Waals surface area contributed by atoms with Gasteiger partial charge >= 0.3 is 0 Å². The molecular weight excluding hydrogens is 216 g/mol. The van der Waals surface area contributed by atoms with E-state index in [1.807, 2.05) is 0 Å². The number of aromatic nitrogens is 2. The van der Waals surface area contributed by atoms with Crippen LogP contribution in [0.25, 0.3) is 0 Å². The van der Waals surface area contributed by atoms with Crippen LogP contribution in [0, 0.1) is 0 Å². The fourth-order valence-electron chi connectivity index (χ4n) is 2.29. The Bertz CT molecular complexity index is 358. The Morgan fingerprint density at radius 3 is 2.88 bits per heavy atom. The standard InChI is InChI=1S/C12H20N4O/c1-17-12-11(14-6-7-15-12)8-16-10-5-3-2-4-9(10)13/h6-7,9-10,16H,2-5,8,13H2,1H3. The molecule has 0 spiro atoms. The van der Waals surface area contributed by atoms with Gasteiger partial charge < -0.3 is 15.8 Å². The number of nitrogens with zero attached hydrogens (tertiary/aromatic N) is 2. The summed E-state index contributed by atoms with van der Waals surface area (Å²) >= 11 is 0. The summed E-state index contributed by atoms with van der Waals surface area (Å²) in [5, 5.41) is 3.45. The number of hydrogen-bond acceptors (Lipinski definition) is 5. The second-order valence-corrected chi connectivity index (χ2v) is 4.45. The predicted molar refractivity (Wildman–Crippen MR) is 65.7 cm³/mol. The van der Waals surface area contributed by atoms with Crippen LogP contribution in [0.15, 0.2) is 12.4 Å². The Morgan fingerprint density at radius 1 is 1.35 bits per heavy atom. The van der Waals surface area contributed by atoms with Crippen molar-refractivity contribution in [3.8, 4) is 5.88 Å². The number of nitrogens with one attached hydrogen (secondary N) is 1. The molecule has 1 heterocycles. The molecule has 1 aliphatic rings. The molecule has 5 nitrogen and oxygen atoms in total. The van der Waals surface area contributed by atoms with Crippen LogP contribution in [-0.4, -0.2) is 29.2 Å². The van der Waals surface area contributed by atoms with E-state index in [4.69, 9.17) is 10.5 Å². The molecule has 0 amide bonds. The van der Waals surface area contributed by atoms with Gasteiger partial charge in [0.25, 0.3) is 0 Å². The number of nitrogens with two attached hydrogens (primary N) is 1. The zero-order chi connectivity index (χ0) is 12.1. The Balaban J connectivity index is 1.92. The fourth-order valence-corrected chi connectivity index (χ4v) is 2.29. The molecule has 1 aliphatic carbocycles. The summed E-state index contributed by atoms with van der Waals surface area (Å²) in [4.78, 5) is 8.39. The van der Waals surface area contributed by atoms with Crippen molar-refractivity contribution in [1.82, 2.24) is 15.3 Å². The minimum Gasteiger partial charge on any atom is -0.480 e. The van der Waals surface area contributed by atoms with E-state index in [-0.39, 0.29) is 6.04 Å². The third kappa shape index (κ3) is 3.14. The number of ether oxygens (including phenoxy) is 1. The number of rotatable bonds is 4. The van der Waals surface area contributed by atoms with E-state index < -0.39 is 0 Å². The molecule has 0 aliphatic heterocycles. The quantitative estimate of drug-likeness (QED) is 0.810. The van der Waals surface area contributed by atoms with Crippen molar-refractivity contribution in [2.75, 3.05) is 7.11 Å². The molecule has 0 bridgehead atoms. The molecule has 1 aromatic rings. The van der Waals surface area contributed by atoms with Gasteiger partial charge in [-0.25, -0.2) is 4.98 Å². The van der Waals surface area contributed by atoms with Crippen molar-refractivity contribution < 1.29 is 4.74 Å². The third-order valence-corrected chi connectivity index (χ3v) is 3.28. The molecule has 17 heavy (non-hydrogen) atoms. The minimum absolute atomic E-state index is 0.256. The molecule has 2 rings (SSSR count). The Morgan fingerprint density at radius 2 is 2.12 bits per heavy atom. The summed E-state index contributed by atoms with van der Waals surface area (Å²) < 4.78 is 5.17. The van der Waals surface area contributed by atoms with Crippen LogP contribution in [-0.2, 0) is 6.54 Å². The summed E-state index contributed by atoms with van der Waals surface area (Å²) in [5.41, 5.74) is 6.92. The lowest BCUT2D eigenvalue weighted by Crippen LogP contribution is -2.46.